The summed E-state index contributed by atoms with van der Waals surface area (Å²) < 4.78 is 5.94. The summed E-state index contributed by atoms with van der Waals surface area (Å²) in [6.45, 7) is 0.495. The van der Waals surface area contributed by atoms with Gasteiger partial charge in [0.2, 0.25) is 5.91 Å². The van der Waals surface area contributed by atoms with Gasteiger partial charge in [-0.2, -0.15) is 0 Å². The molecule has 1 aliphatic rings. The molecular formula is C29H22Cl2N2O3S. The van der Waals surface area contributed by atoms with E-state index in [1.54, 1.807) is 42.1 Å². The van der Waals surface area contributed by atoms with Gasteiger partial charge in [-0.15, -0.1) is 11.8 Å². The Labute approximate surface area is 229 Å². The van der Waals surface area contributed by atoms with Gasteiger partial charge in [0.05, 0.1) is 11.4 Å². The van der Waals surface area contributed by atoms with E-state index in [0.717, 1.165) is 11.1 Å². The zero-order valence-corrected chi connectivity index (χ0v) is 21.9. The van der Waals surface area contributed by atoms with Crippen LogP contribution in [-0.4, -0.2) is 22.5 Å². The average Bonchev–Trinajstić information content (AvgIpc) is 3.27. The molecule has 4 aromatic rings. The first kappa shape index (κ1) is 25.2. The monoisotopic (exact) mass is 548 g/mol. The number of nitrogens with zero attached hydrogens (tertiary/aromatic N) is 1. The Kier molecular flexibility index (Phi) is 7.70. The molecule has 1 atom stereocenters. The van der Waals surface area contributed by atoms with Crippen LogP contribution >= 0.6 is 35.0 Å². The molecule has 1 aliphatic heterocycles. The number of amides is 2. The van der Waals surface area contributed by atoms with Crippen molar-refractivity contribution in [3.05, 3.63) is 124 Å². The maximum atomic E-state index is 13.1. The number of hydrogen-bond donors (Lipinski definition) is 1. The number of rotatable bonds is 7. The molecule has 5 rings (SSSR count). The molecule has 1 heterocycles. The summed E-state index contributed by atoms with van der Waals surface area (Å²) in [5.41, 5.74) is 2.91. The van der Waals surface area contributed by atoms with Crippen LogP contribution in [0.3, 0.4) is 0 Å². The summed E-state index contributed by atoms with van der Waals surface area (Å²) in [5, 5.41) is 3.92. The van der Waals surface area contributed by atoms with Gasteiger partial charge in [-0.1, -0.05) is 65.7 Å². The second-order valence-electron chi connectivity index (χ2n) is 8.44. The predicted octanol–water partition coefficient (Wildman–Crippen LogP) is 7.81. The molecule has 0 aromatic heterocycles. The minimum absolute atomic E-state index is 0.0821. The van der Waals surface area contributed by atoms with Crippen molar-refractivity contribution in [1.82, 2.24) is 4.90 Å². The van der Waals surface area contributed by atoms with Crippen molar-refractivity contribution in [2.24, 2.45) is 0 Å². The highest BCUT2D eigenvalue weighted by Crippen LogP contribution is 2.40. The largest absolute Gasteiger partial charge is 0.455 e. The minimum Gasteiger partial charge on any atom is -0.455 e. The molecule has 0 aliphatic carbocycles. The van der Waals surface area contributed by atoms with Gasteiger partial charge in [-0.05, 0) is 65.7 Å². The Morgan fingerprint density at radius 3 is 2.35 bits per heavy atom. The van der Waals surface area contributed by atoms with Gasteiger partial charge in [0.15, 0.2) is 5.75 Å². The van der Waals surface area contributed by atoms with Crippen LogP contribution in [0.15, 0.2) is 97.1 Å². The molecule has 2 amide bonds. The van der Waals surface area contributed by atoms with E-state index in [1.807, 2.05) is 71.6 Å². The molecule has 1 fully saturated rings. The highest BCUT2D eigenvalue weighted by Gasteiger charge is 2.32. The summed E-state index contributed by atoms with van der Waals surface area (Å²) in [4.78, 5) is 27.5. The third-order valence-electron chi connectivity index (χ3n) is 5.85. The first-order valence-electron chi connectivity index (χ1n) is 11.6. The Morgan fingerprint density at radius 2 is 1.62 bits per heavy atom. The van der Waals surface area contributed by atoms with Crippen molar-refractivity contribution in [2.45, 2.75) is 11.9 Å². The molecule has 0 saturated carbocycles. The van der Waals surface area contributed by atoms with Gasteiger partial charge in [0.25, 0.3) is 5.91 Å². The van der Waals surface area contributed by atoms with Gasteiger partial charge in [-0.3, -0.25) is 9.59 Å². The Hall–Kier alpha value is -3.45. The maximum absolute atomic E-state index is 13.1. The number of benzene rings is 4. The van der Waals surface area contributed by atoms with Crippen LogP contribution in [0.5, 0.6) is 11.5 Å². The zero-order valence-electron chi connectivity index (χ0n) is 19.6. The minimum atomic E-state index is -0.292. The van der Waals surface area contributed by atoms with E-state index in [2.05, 4.69) is 5.32 Å². The van der Waals surface area contributed by atoms with Gasteiger partial charge in [-0.25, -0.2) is 0 Å². The van der Waals surface area contributed by atoms with Crippen LogP contribution in [0.25, 0.3) is 0 Å². The third kappa shape index (κ3) is 6.10. The number of hydrogen-bond acceptors (Lipinski definition) is 4. The summed E-state index contributed by atoms with van der Waals surface area (Å²) >= 11 is 13.8. The topological polar surface area (TPSA) is 58.6 Å². The van der Waals surface area contributed by atoms with E-state index in [-0.39, 0.29) is 17.2 Å². The molecule has 0 radical (unpaired) electrons. The first-order valence-corrected chi connectivity index (χ1v) is 13.4. The fourth-order valence-electron chi connectivity index (χ4n) is 3.99. The highest BCUT2D eigenvalue weighted by molar-refractivity contribution is 8.00. The highest BCUT2D eigenvalue weighted by atomic mass is 35.5. The summed E-state index contributed by atoms with van der Waals surface area (Å²) in [6, 6.07) is 29.2. The van der Waals surface area contributed by atoms with Crippen molar-refractivity contribution in [3.63, 3.8) is 0 Å². The Morgan fingerprint density at radius 1 is 0.919 bits per heavy atom. The molecule has 37 heavy (non-hydrogen) atoms. The van der Waals surface area contributed by atoms with Crippen LogP contribution in [0.4, 0.5) is 5.69 Å². The van der Waals surface area contributed by atoms with Crippen LogP contribution in [0.1, 0.15) is 26.9 Å². The maximum Gasteiger partial charge on any atom is 0.255 e. The van der Waals surface area contributed by atoms with Gasteiger partial charge < -0.3 is 15.0 Å². The molecule has 8 heteroatoms. The number of anilines is 1. The molecule has 0 unspecified atom stereocenters. The van der Waals surface area contributed by atoms with Crippen LogP contribution in [0.2, 0.25) is 10.0 Å². The van der Waals surface area contributed by atoms with Crippen LogP contribution in [-0.2, 0) is 11.3 Å². The molecule has 1 saturated heterocycles. The Balaban J connectivity index is 1.30. The van der Waals surface area contributed by atoms with Crippen molar-refractivity contribution in [1.29, 1.82) is 0 Å². The molecule has 0 bridgehead atoms. The van der Waals surface area contributed by atoms with Crippen molar-refractivity contribution >= 4 is 52.5 Å². The second kappa shape index (κ2) is 11.3. The fourth-order valence-corrected chi connectivity index (χ4v) is 5.47. The second-order valence-corrected chi connectivity index (χ2v) is 10.4. The predicted molar refractivity (Wildman–Crippen MR) is 150 cm³/mol. The number of thioether (sulfide) groups is 1. The van der Waals surface area contributed by atoms with Crippen LogP contribution < -0.4 is 10.1 Å². The molecule has 0 spiro atoms. The number of nitrogens with one attached hydrogen (secondary N) is 1. The SMILES string of the molecule is O=C(Nc1cc(Cl)ccc1Oc1ccccc1)c1ccc([C@H]2SCC(=O)N2Cc2ccc(Cl)cc2)cc1. The van der Waals surface area contributed by atoms with Gasteiger partial charge in [0, 0.05) is 22.2 Å². The van der Waals surface area contributed by atoms with Crippen molar-refractivity contribution in [2.75, 3.05) is 11.1 Å². The van der Waals surface area contributed by atoms with E-state index < -0.39 is 0 Å². The van der Waals surface area contributed by atoms with E-state index in [0.29, 0.717) is 45.1 Å². The number of halogens is 2. The van der Waals surface area contributed by atoms with Gasteiger partial charge >= 0.3 is 0 Å². The number of para-hydroxylation sites is 1. The number of carbonyl (C=O) groups is 2. The molecule has 5 nitrogen and oxygen atoms in total. The lowest BCUT2D eigenvalue weighted by atomic mass is 10.1. The summed E-state index contributed by atoms with van der Waals surface area (Å²) in [6.07, 6.45) is 0. The molecule has 1 N–H and O–H groups in total. The smallest absolute Gasteiger partial charge is 0.255 e. The summed E-state index contributed by atoms with van der Waals surface area (Å²) in [7, 11) is 0. The molecule has 186 valence electrons. The lowest BCUT2D eigenvalue weighted by Gasteiger charge is -2.24. The van der Waals surface area contributed by atoms with E-state index >= 15 is 0 Å². The lowest BCUT2D eigenvalue weighted by Crippen LogP contribution is -2.27. The zero-order chi connectivity index (χ0) is 25.8. The van der Waals surface area contributed by atoms with E-state index in [4.69, 9.17) is 27.9 Å². The van der Waals surface area contributed by atoms with Crippen molar-refractivity contribution in [3.8, 4) is 11.5 Å². The van der Waals surface area contributed by atoms with Crippen molar-refractivity contribution < 1.29 is 14.3 Å². The first-order chi connectivity index (χ1) is 18.0. The molecular weight excluding hydrogens is 527 g/mol. The summed E-state index contributed by atoms with van der Waals surface area (Å²) in [5.74, 6) is 1.34. The standard InChI is InChI=1S/C29H22Cl2N2O3S/c30-22-12-6-19(7-13-22)17-33-27(34)18-37-29(33)21-10-8-20(9-11-21)28(35)32-25-16-23(31)14-15-26(25)36-24-4-2-1-3-5-24/h1-16,29H,17-18H2,(H,32,35)/t29-/m1/s1. The third-order valence-corrected chi connectivity index (χ3v) is 7.60. The Bertz CT molecular complexity index is 1410. The fraction of sp³-hybridized carbons (Fsp3) is 0.103. The van der Waals surface area contributed by atoms with Gasteiger partial charge in [0.1, 0.15) is 11.1 Å². The van der Waals surface area contributed by atoms with E-state index in [1.165, 1.54) is 0 Å². The normalized spacial score (nSPS) is 15.0. The van der Waals surface area contributed by atoms with Crippen LogP contribution in [0, 0.1) is 0 Å². The number of carbonyl (C=O) groups excluding carboxylic acids is 2. The molecule has 4 aromatic carbocycles. The quantitative estimate of drug-likeness (QED) is 0.256. The number of ether oxygens (including phenoxy) is 1. The lowest BCUT2D eigenvalue weighted by molar-refractivity contribution is -0.128. The van der Waals surface area contributed by atoms with E-state index in [9.17, 15) is 9.59 Å². The average molecular weight is 549 g/mol.